The molecule has 0 aliphatic carbocycles. The van der Waals surface area contributed by atoms with Crippen LogP contribution in [0.15, 0.2) is 71.5 Å². The van der Waals surface area contributed by atoms with Crippen LogP contribution >= 0.6 is 11.3 Å². The topological polar surface area (TPSA) is 76.2 Å². The maximum Gasteiger partial charge on any atom is 0.238 e. The number of fused-ring (bicyclic) bond motifs is 1. The van der Waals surface area contributed by atoms with Crippen LogP contribution in [0, 0.1) is 0 Å². The summed E-state index contributed by atoms with van der Waals surface area (Å²) >= 11 is 1.69. The van der Waals surface area contributed by atoms with Gasteiger partial charge in [0, 0.05) is 37.1 Å². The van der Waals surface area contributed by atoms with Crippen molar-refractivity contribution in [1.29, 1.82) is 0 Å². The zero-order chi connectivity index (χ0) is 26.3. The second-order valence-corrected chi connectivity index (χ2v) is 11.6. The maximum absolute atomic E-state index is 13.7. The number of methoxy groups -OCH3 is 2. The van der Waals surface area contributed by atoms with Gasteiger partial charge in [-0.15, -0.1) is 11.3 Å². The van der Waals surface area contributed by atoms with E-state index in [0.717, 1.165) is 28.9 Å². The lowest BCUT2D eigenvalue weighted by Crippen LogP contribution is -2.46. The van der Waals surface area contributed by atoms with Crippen molar-refractivity contribution >= 4 is 33.3 Å². The minimum atomic E-state index is -3.84. The molecule has 2 heterocycles. The molecule has 1 aliphatic heterocycles. The molecule has 0 saturated carbocycles. The van der Waals surface area contributed by atoms with Gasteiger partial charge in [0.25, 0.3) is 0 Å². The van der Waals surface area contributed by atoms with Gasteiger partial charge in [0.05, 0.1) is 19.7 Å². The van der Waals surface area contributed by atoms with E-state index in [1.165, 1.54) is 14.6 Å². The second-order valence-electron chi connectivity index (χ2n) is 8.75. The monoisotopic (exact) mass is 540 g/mol. The molecule has 1 amide bonds. The van der Waals surface area contributed by atoms with Crippen LogP contribution in [0.25, 0.3) is 6.08 Å². The van der Waals surface area contributed by atoms with Crippen LogP contribution in [0.2, 0.25) is 0 Å². The average Bonchev–Trinajstić information content (AvgIpc) is 3.40. The predicted octanol–water partition coefficient (Wildman–Crippen LogP) is 4.57. The number of thiophene rings is 1. The van der Waals surface area contributed by atoms with Gasteiger partial charge in [-0.1, -0.05) is 42.5 Å². The van der Waals surface area contributed by atoms with E-state index in [2.05, 4.69) is 6.07 Å². The number of sulfonamides is 1. The molecule has 0 spiro atoms. The molecular weight excluding hydrogens is 508 g/mol. The third-order valence-corrected chi connectivity index (χ3v) is 8.89. The fourth-order valence-corrected chi connectivity index (χ4v) is 6.55. The number of ether oxygens (including phenoxy) is 2. The molecule has 1 atom stereocenters. The first-order valence-electron chi connectivity index (χ1n) is 12.1. The van der Waals surface area contributed by atoms with E-state index in [0.29, 0.717) is 19.6 Å². The second kappa shape index (κ2) is 12.5. The van der Waals surface area contributed by atoms with E-state index in [-0.39, 0.29) is 25.0 Å². The minimum absolute atomic E-state index is 0.186. The summed E-state index contributed by atoms with van der Waals surface area (Å²) in [4.78, 5) is 16.8. The number of nitrogens with zero attached hydrogens (tertiary/aromatic N) is 2. The standard InChI is InChI=1S/C28H32N2O5S2/c1-34-18-6-16-29(37(32,33)20-15-22-7-4-3-5-8-22)21-27(31)30-17-13-26-25(14-19-36-26)28(30)23-9-11-24(35-2)12-10-23/h3-5,7-12,14-15,19-20,28H,6,13,16-18,21H2,1-2H3/b20-15+. The van der Waals surface area contributed by atoms with Gasteiger partial charge in [-0.3, -0.25) is 4.79 Å². The van der Waals surface area contributed by atoms with Gasteiger partial charge in [0.15, 0.2) is 0 Å². The average molecular weight is 541 g/mol. The lowest BCUT2D eigenvalue weighted by molar-refractivity contribution is -0.133. The smallest absolute Gasteiger partial charge is 0.238 e. The molecular formula is C28H32N2O5S2. The summed E-state index contributed by atoms with van der Waals surface area (Å²) < 4.78 is 38.3. The van der Waals surface area contributed by atoms with Crippen molar-refractivity contribution in [3.63, 3.8) is 0 Å². The molecule has 0 fully saturated rings. The van der Waals surface area contributed by atoms with E-state index in [1.54, 1.807) is 36.5 Å². The third kappa shape index (κ3) is 6.67. The molecule has 9 heteroatoms. The number of hydrogen-bond donors (Lipinski definition) is 0. The fourth-order valence-electron chi connectivity index (χ4n) is 4.47. The van der Waals surface area contributed by atoms with Gasteiger partial charge >= 0.3 is 0 Å². The Kier molecular flexibility index (Phi) is 9.15. The highest BCUT2D eigenvalue weighted by Gasteiger charge is 2.34. The Morgan fingerprint density at radius 1 is 1.11 bits per heavy atom. The molecule has 37 heavy (non-hydrogen) atoms. The first-order chi connectivity index (χ1) is 17.9. The Labute approximate surface area is 223 Å². The predicted molar refractivity (Wildman–Crippen MR) is 147 cm³/mol. The Bertz CT molecular complexity index is 1300. The SMILES string of the molecule is COCCCN(CC(=O)N1CCc2sccc2C1c1ccc(OC)cc1)S(=O)(=O)/C=C/c1ccccc1. The van der Waals surface area contributed by atoms with Crippen molar-refractivity contribution in [3.05, 3.63) is 93.0 Å². The van der Waals surface area contributed by atoms with Crippen LogP contribution in [0.5, 0.6) is 5.75 Å². The number of carbonyl (C=O) groups is 1. The fraction of sp³-hybridized carbons (Fsp3) is 0.321. The summed E-state index contributed by atoms with van der Waals surface area (Å²) in [5, 5.41) is 3.22. The van der Waals surface area contributed by atoms with Gasteiger partial charge in [0.1, 0.15) is 5.75 Å². The van der Waals surface area contributed by atoms with E-state index >= 15 is 0 Å². The van der Waals surface area contributed by atoms with Crippen molar-refractivity contribution in [2.45, 2.75) is 18.9 Å². The first-order valence-corrected chi connectivity index (χ1v) is 14.5. The van der Waals surface area contributed by atoms with E-state index in [1.807, 2.05) is 60.0 Å². The molecule has 1 aliphatic rings. The van der Waals surface area contributed by atoms with Gasteiger partial charge < -0.3 is 14.4 Å². The van der Waals surface area contributed by atoms with Gasteiger partial charge in [0.2, 0.25) is 15.9 Å². The number of hydrogen-bond acceptors (Lipinski definition) is 6. The minimum Gasteiger partial charge on any atom is -0.497 e. The van der Waals surface area contributed by atoms with Crippen molar-refractivity contribution in [1.82, 2.24) is 9.21 Å². The number of rotatable bonds is 11. The summed E-state index contributed by atoms with van der Waals surface area (Å²) in [5.41, 5.74) is 2.83. The largest absolute Gasteiger partial charge is 0.497 e. The van der Waals surface area contributed by atoms with Crippen LogP contribution < -0.4 is 4.74 Å². The maximum atomic E-state index is 13.7. The lowest BCUT2D eigenvalue weighted by Gasteiger charge is -2.37. The van der Waals surface area contributed by atoms with E-state index < -0.39 is 10.0 Å². The summed E-state index contributed by atoms with van der Waals surface area (Å²) in [6, 6.07) is 18.7. The van der Waals surface area contributed by atoms with Crippen molar-refractivity contribution < 1.29 is 22.7 Å². The molecule has 3 aromatic rings. The van der Waals surface area contributed by atoms with Crippen molar-refractivity contribution in [2.24, 2.45) is 0 Å². The Morgan fingerprint density at radius 2 is 1.86 bits per heavy atom. The number of amides is 1. The molecule has 0 N–H and O–H groups in total. The summed E-state index contributed by atoms with van der Waals surface area (Å²) in [6.45, 7) is 0.872. The summed E-state index contributed by atoms with van der Waals surface area (Å²) in [7, 11) is -0.648. The van der Waals surface area contributed by atoms with Crippen molar-refractivity contribution in [2.75, 3.05) is 40.5 Å². The van der Waals surface area contributed by atoms with Crippen LogP contribution in [0.1, 0.15) is 34.0 Å². The highest BCUT2D eigenvalue weighted by atomic mass is 32.2. The molecule has 1 aromatic heterocycles. The van der Waals surface area contributed by atoms with Crippen molar-refractivity contribution in [3.8, 4) is 5.75 Å². The highest BCUT2D eigenvalue weighted by Crippen LogP contribution is 2.38. The summed E-state index contributed by atoms with van der Waals surface area (Å²) in [6.07, 6.45) is 2.79. The zero-order valence-corrected chi connectivity index (χ0v) is 22.7. The molecule has 0 saturated heterocycles. The molecule has 0 radical (unpaired) electrons. The zero-order valence-electron chi connectivity index (χ0n) is 21.1. The van der Waals surface area contributed by atoms with E-state index in [4.69, 9.17) is 9.47 Å². The Balaban J connectivity index is 1.60. The molecule has 7 nitrogen and oxygen atoms in total. The third-order valence-electron chi connectivity index (χ3n) is 6.38. The van der Waals surface area contributed by atoms with Crippen LogP contribution in [0.4, 0.5) is 0 Å². The Hall–Kier alpha value is -2.98. The molecule has 4 rings (SSSR count). The first kappa shape index (κ1) is 27.1. The van der Waals surface area contributed by atoms with Gasteiger partial charge in [-0.05, 0) is 59.2 Å². The normalized spacial score (nSPS) is 15.8. The van der Waals surface area contributed by atoms with Crippen LogP contribution in [0.3, 0.4) is 0 Å². The number of carbonyl (C=O) groups excluding carboxylic acids is 1. The van der Waals surface area contributed by atoms with Gasteiger partial charge in [-0.2, -0.15) is 4.31 Å². The molecule has 196 valence electrons. The lowest BCUT2D eigenvalue weighted by atomic mass is 9.93. The van der Waals surface area contributed by atoms with E-state index in [9.17, 15) is 13.2 Å². The van der Waals surface area contributed by atoms with Crippen LogP contribution in [-0.2, 0) is 26.0 Å². The Morgan fingerprint density at radius 3 is 2.57 bits per heavy atom. The molecule has 0 bridgehead atoms. The number of benzene rings is 2. The highest BCUT2D eigenvalue weighted by molar-refractivity contribution is 7.92. The molecule has 2 aromatic carbocycles. The summed E-state index contributed by atoms with van der Waals surface area (Å²) in [5.74, 6) is 0.510. The quantitative estimate of drug-likeness (QED) is 0.333. The molecule has 1 unspecified atom stereocenters. The van der Waals surface area contributed by atoms with Crippen LogP contribution in [-0.4, -0.2) is 64.0 Å². The van der Waals surface area contributed by atoms with Gasteiger partial charge in [-0.25, -0.2) is 8.42 Å².